The summed E-state index contributed by atoms with van der Waals surface area (Å²) in [5.41, 5.74) is 0.450. The first-order valence-corrected chi connectivity index (χ1v) is 7.17. The molecule has 0 atom stereocenters. The van der Waals surface area contributed by atoms with Gasteiger partial charge in [-0.3, -0.25) is 0 Å². The van der Waals surface area contributed by atoms with Gasteiger partial charge in [0.1, 0.15) is 0 Å². The molecule has 0 bridgehead atoms. The minimum atomic E-state index is 0.164. The molecule has 2 rings (SSSR count). The summed E-state index contributed by atoms with van der Waals surface area (Å²) in [5, 5.41) is 3.50. The summed E-state index contributed by atoms with van der Waals surface area (Å²) in [6.07, 6.45) is 4.67. The molecule has 6 heteroatoms. The van der Waals surface area contributed by atoms with Crippen LogP contribution in [0.5, 0.6) is 6.01 Å². The van der Waals surface area contributed by atoms with Gasteiger partial charge in [0, 0.05) is 6.04 Å². The second-order valence-corrected chi connectivity index (χ2v) is 6.06. The highest BCUT2D eigenvalue weighted by Gasteiger charge is 2.27. The van der Waals surface area contributed by atoms with Gasteiger partial charge in [0.15, 0.2) is 0 Å². The second kappa shape index (κ2) is 5.90. The molecule has 5 nitrogen and oxygen atoms in total. The fraction of sp³-hybridized carbons (Fsp3) is 0.769. The summed E-state index contributed by atoms with van der Waals surface area (Å²) in [4.78, 5) is 12.2. The molecule has 1 aliphatic carbocycles. The predicted molar refractivity (Wildman–Crippen MR) is 75.7 cm³/mol. The van der Waals surface area contributed by atoms with Gasteiger partial charge in [-0.25, -0.2) is 0 Å². The number of rotatable bonds is 4. The van der Waals surface area contributed by atoms with Crippen LogP contribution in [-0.2, 0) is 0 Å². The zero-order valence-electron chi connectivity index (χ0n) is 11.7. The van der Waals surface area contributed by atoms with Crippen LogP contribution < -0.4 is 10.1 Å². The van der Waals surface area contributed by atoms with Crippen molar-refractivity contribution in [1.82, 2.24) is 15.0 Å². The number of nitrogens with one attached hydrogen (secondary N) is 1. The third kappa shape index (κ3) is 4.20. The number of nitrogens with zero attached hydrogens (tertiary/aromatic N) is 3. The number of anilines is 1. The van der Waals surface area contributed by atoms with Crippen molar-refractivity contribution in [2.75, 3.05) is 11.9 Å². The van der Waals surface area contributed by atoms with Crippen molar-refractivity contribution in [3.05, 3.63) is 5.28 Å². The Morgan fingerprint density at radius 3 is 2.58 bits per heavy atom. The molecule has 0 radical (unpaired) electrons. The van der Waals surface area contributed by atoms with Crippen molar-refractivity contribution in [2.45, 2.75) is 52.5 Å². The van der Waals surface area contributed by atoms with E-state index < -0.39 is 0 Å². The molecule has 1 aromatic rings. The summed E-state index contributed by atoms with van der Waals surface area (Å²) in [6.45, 7) is 7.03. The second-order valence-electron chi connectivity index (χ2n) is 5.73. The molecule has 19 heavy (non-hydrogen) atoms. The Morgan fingerprint density at radius 2 is 1.95 bits per heavy atom. The van der Waals surface area contributed by atoms with E-state index in [0.717, 1.165) is 12.8 Å². The molecule has 0 aromatic carbocycles. The van der Waals surface area contributed by atoms with Gasteiger partial charge >= 0.3 is 6.01 Å². The Morgan fingerprint density at radius 1 is 1.26 bits per heavy atom. The Hall–Kier alpha value is -1.10. The molecule has 0 amide bonds. The van der Waals surface area contributed by atoms with Crippen molar-refractivity contribution in [1.29, 1.82) is 0 Å². The summed E-state index contributed by atoms with van der Waals surface area (Å²) < 4.78 is 5.26. The smallest absolute Gasteiger partial charge is 0.322 e. The molecular weight excluding hydrogens is 264 g/mol. The van der Waals surface area contributed by atoms with Crippen molar-refractivity contribution in [2.24, 2.45) is 5.41 Å². The monoisotopic (exact) mass is 284 g/mol. The van der Waals surface area contributed by atoms with Crippen molar-refractivity contribution < 1.29 is 4.74 Å². The van der Waals surface area contributed by atoms with Crippen LogP contribution in [0.2, 0.25) is 5.28 Å². The fourth-order valence-electron chi connectivity index (χ4n) is 2.32. The van der Waals surface area contributed by atoms with Crippen molar-refractivity contribution in [3.63, 3.8) is 0 Å². The highest BCUT2D eigenvalue weighted by Crippen LogP contribution is 2.35. The molecule has 1 aliphatic rings. The maximum atomic E-state index is 5.87. The highest BCUT2D eigenvalue weighted by molar-refractivity contribution is 6.28. The minimum Gasteiger partial charge on any atom is -0.464 e. The van der Waals surface area contributed by atoms with Crippen LogP contribution in [0.25, 0.3) is 0 Å². The quantitative estimate of drug-likeness (QED) is 0.919. The zero-order valence-corrected chi connectivity index (χ0v) is 12.5. The SMILES string of the molecule is CCOc1nc(Cl)nc(NC2CCC(C)(C)CC2)n1. The summed E-state index contributed by atoms with van der Waals surface area (Å²) >= 11 is 5.87. The first-order valence-electron chi connectivity index (χ1n) is 6.79. The first kappa shape index (κ1) is 14.3. The van der Waals surface area contributed by atoms with E-state index in [0.29, 0.717) is 24.0 Å². The summed E-state index contributed by atoms with van der Waals surface area (Å²) in [7, 11) is 0. The van der Waals surface area contributed by atoms with Gasteiger partial charge < -0.3 is 10.1 Å². The van der Waals surface area contributed by atoms with Gasteiger partial charge in [-0.1, -0.05) is 13.8 Å². The Bertz CT molecular complexity index is 429. The lowest BCUT2D eigenvalue weighted by Crippen LogP contribution is -2.30. The fourth-order valence-corrected chi connectivity index (χ4v) is 2.47. The maximum absolute atomic E-state index is 5.87. The molecule has 0 aliphatic heterocycles. The molecule has 1 saturated carbocycles. The van der Waals surface area contributed by atoms with E-state index in [1.807, 2.05) is 6.92 Å². The van der Waals surface area contributed by atoms with Crippen molar-refractivity contribution >= 4 is 17.5 Å². The van der Waals surface area contributed by atoms with E-state index in [1.54, 1.807) is 0 Å². The molecule has 1 heterocycles. The van der Waals surface area contributed by atoms with Gasteiger partial charge in [-0.15, -0.1) is 0 Å². The standard InChI is InChI=1S/C13H21ClN4O/c1-4-19-12-17-10(14)16-11(18-12)15-9-5-7-13(2,3)8-6-9/h9H,4-8H2,1-3H3,(H,15,16,17,18). The van der Waals surface area contributed by atoms with Crippen LogP contribution in [0, 0.1) is 5.41 Å². The lowest BCUT2D eigenvalue weighted by Gasteiger charge is -2.34. The number of ether oxygens (including phenoxy) is 1. The van der Waals surface area contributed by atoms with E-state index in [-0.39, 0.29) is 11.3 Å². The largest absolute Gasteiger partial charge is 0.464 e. The zero-order chi connectivity index (χ0) is 13.9. The first-order chi connectivity index (χ1) is 8.98. The van der Waals surface area contributed by atoms with Crippen LogP contribution in [-0.4, -0.2) is 27.6 Å². The van der Waals surface area contributed by atoms with Crippen LogP contribution in [0.3, 0.4) is 0 Å². The van der Waals surface area contributed by atoms with Gasteiger partial charge in [0.2, 0.25) is 11.2 Å². The normalized spacial score (nSPS) is 19.2. The lowest BCUT2D eigenvalue weighted by molar-refractivity contribution is 0.232. The van der Waals surface area contributed by atoms with Gasteiger partial charge in [-0.2, -0.15) is 15.0 Å². The maximum Gasteiger partial charge on any atom is 0.322 e. The van der Waals surface area contributed by atoms with Crippen LogP contribution in [0.4, 0.5) is 5.95 Å². The average Bonchev–Trinajstić information content (AvgIpc) is 2.32. The number of hydrogen-bond donors (Lipinski definition) is 1. The lowest BCUT2D eigenvalue weighted by atomic mass is 9.76. The van der Waals surface area contributed by atoms with Gasteiger partial charge in [0.05, 0.1) is 6.61 Å². The topological polar surface area (TPSA) is 59.9 Å². The third-order valence-electron chi connectivity index (χ3n) is 3.53. The Balaban J connectivity index is 1.99. The summed E-state index contributed by atoms with van der Waals surface area (Å²) in [6, 6.07) is 0.683. The van der Waals surface area contributed by atoms with Gasteiger partial charge in [0.25, 0.3) is 0 Å². The Labute approximate surface area is 119 Å². The van der Waals surface area contributed by atoms with E-state index in [9.17, 15) is 0 Å². The Kier molecular flexibility index (Phi) is 4.45. The average molecular weight is 285 g/mol. The predicted octanol–water partition coefficient (Wildman–Crippen LogP) is 3.30. The van der Waals surface area contributed by atoms with Crippen LogP contribution in [0.1, 0.15) is 46.5 Å². The number of aromatic nitrogens is 3. The summed E-state index contributed by atoms with van der Waals surface area (Å²) in [5.74, 6) is 0.508. The van der Waals surface area contributed by atoms with Crippen LogP contribution in [0.15, 0.2) is 0 Å². The van der Waals surface area contributed by atoms with E-state index in [2.05, 4.69) is 34.1 Å². The third-order valence-corrected chi connectivity index (χ3v) is 3.70. The molecular formula is C13H21ClN4O. The molecule has 1 aromatic heterocycles. The number of halogens is 1. The molecule has 106 valence electrons. The number of hydrogen-bond acceptors (Lipinski definition) is 5. The molecule has 1 fully saturated rings. The molecule has 0 spiro atoms. The highest BCUT2D eigenvalue weighted by atomic mass is 35.5. The van der Waals surface area contributed by atoms with Crippen molar-refractivity contribution in [3.8, 4) is 6.01 Å². The van der Waals surface area contributed by atoms with Crippen LogP contribution >= 0.6 is 11.6 Å². The van der Waals surface area contributed by atoms with Gasteiger partial charge in [-0.05, 0) is 49.6 Å². The van der Waals surface area contributed by atoms with E-state index in [1.165, 1.54) is 12.8 Å². The van der Waals surface area contributed by atoms with E-state index >= 15 is 0 Å². The van der Waals surface area contributed by atoms with E-state index in [4.69, 9.17) is 16.3 Å². The minimum absolute atomic E-state index is 0.164. The molecule has 0 saturated heterocycles. The molecule has 1 N–H and O–H groups in total. The molecule has 0 unspecified atom stereocenters.